The Morgan fingerprint density at radius 1 is 0.900 bits per heavy atom. The smallest absolute Gasteiger partial charge is 0.298 e. The van der Waals surface area contributed by atoms with Crippen molar-refractivity contribution in [3.63, 3.8) is 0 Å². The van der Waals surface area contributed by atoms with Crippen molar-refractivity contribution in [2.45, 2.75) is 9.79 Å². The molecule has 0 aliphatic heterocycles. The van der Waals surface area contributed by atoms with E-state index in [2.05, 4.69) is 0 Å². The van der Waals surface area contributed by atoms with Crippen molar-refractivity contribution in [3.8, 4) is 5.75 Å². The van der Waals surface area contributed by atoms with Crippen LogP contribution >= 0.6 is 0 Å². The Morgan fingerprint density at radius 2 is 1.50 bits per heavy atom. The second-order valence-corrected chi connectivity index (χ2v) is 6.82. The lowest BCUT2D eigenvalue weighted by atomic mass is 10.1. The Bertz CT molecular complexity index is 916. The summed E-state index contributed by atoms with van der Waals surface area (Å²) in [7, 11) is -9.22. The van der Waals surface area contributed by atoms with Gasteiger partial charge >= 0.3 is 0 Å². The van der Waals surface area contributed by atoms with Gasteiger partial charge in [-0.3, -0.25) is 9.11 Å². The highest BCUT2D eigenvalue weighted by molar-refractivity contribution is 7.86. The molecule has 5 N–H and O–H groups in total. The summed E-state index contributed by atoms with van der Waals surface area (Å²) < 4.78 is 62.1. The molecule has 2 aromatic carbocycles. The topological polar surface area (TPSA) is 155 Å². The molecule has 0 heterocycles. The fourth-order valence-corrected chi connectivity index (χ4v) is 2.89. The Labute approximate surface area is 114 Å². The first-order valence-corrected chi connectivity index (χ1v) is 7.89. The summed E-state index contributed by atoms with van der Waals surface area (Å²) >= 11 is 0. The molecule has 2 aromatic rings. The zero-order chi connectivity index (χ0) is 15.3. The molecule has 0 fully saturated rings. The van der Waals surface area contributed by atoms with Gasteiger partial charge in [-0.25, -0.2) is 0 Å². The molecule has 0 atom stereocenters. The van der Waals surface area contributed by atoms with Crippen LogP contribution in [0, 0.1) is 0 Å². The van der Waals surface area contributed by atoms with Crippen molar-refractivity contribution in [2.75, 3.05) is 5.73 Å². The molecule has 0 amide bonds. The highest BCUT2D eigenvalue weighted by Gasteiger charge is 2.19. The summed E-state index contributed by atoms with van der Waals surface area (Å²) in [5, 5.41) is 9.72. The number of benzene rings is 2. The van der Waals surface area contributed by atoms with E-state index in [0.29, 0.717) is 0 Å². The molecule has 2 rings (SSSR count). The number of nitrogens with two attached hydrogens (primary N) is 1. The predicted molar refractivity (Wildman–Crippen MR) is 69.7 cm³/mol. The molecular formula is C10H9NO7S2. The SMILES string of the molecule is Nc1cc(S(=O)(=O)O)cc2cc(S(=O)(=O)O)c(O)cc12. The van der Waals surface area contributed by atoms with E-state index >= 15 is 0 Å². The average molecular weight is 319 g/mol. The maximum Gasteiger partial charge on any atom is 0.298 e. The number of phenolic OH excluding ortho intramolecular Hbond substituents is 1. The van der Waals surface area contributed by atoms with E-state index in [4.69, 9.17) is 14.8 Å². The molecule has 10 heteroatoms. The molecule has 0 saturated heterocycles. The van der Waals surface area contributed by atoms with Crippen LogP contribution in [0.4, 0.5) is 5.69 Å². The van der Waals surface area contributed by atoms with Crippen LogP contribution < -0.4 is 5.73 Å². The van der Waals surface area contributed by atoms with E-state index in [9.17, 15) is 21.9 Å². The zero-order valence-electron chi connectivity index (χ0n) is 9.68. The van der Waals surface area contributed by atoms with Gasteiger partial charge in [0.15, 0.2) is 0 Å². The highest BCUT2D eigenvalue weighted by atomic mass is 32.2. The van der Waals surface area contributed by atoms with Gasteiger partial charge in [-0.05, 0) is 29.7 Å². The van der Waals surface area contributed by atoms with Crippen LogP contribution in [-0.4, -0.2) is 31.0 Å². The number of anilines is 1. The number of rotatable bonds is 2. The molecule has 20 heavy (non-hydrogen) atoms. The first-order valence-electron chi connectivity index (χ1n) is 5.01. The van der Waals surface area contributed by atoms with Gasteiger partial charge < -0.3 is 10.8 Å². The second kappa shape index (κ2) is 4.31. The molecule has 8 nitrogen and oxygen atoms in total. The maximum absolute atomic E-state index is 11.1. The number of hydrogen-bond donors (Lipinski definition) is 4. The van der Waals surface area contributed by atoms with Gasteiger partial charge in [0, 0.05) is 11.1 Å². The minimum atomic E-state index is -4.69. The maximum atomic E-state index is 11.1. The Kier molecular flexibility index (Phi) is 3.13. The Morgan fingerprint density at radius 3 is 2.00 bits per heavy atom. The van der Waals surface area contributed by atoms with Crippen LogP contribution in [0.5, 0.6) is 5.75 Å². The largest absolute Gasteiger partial charge is 0.506 e. The summed E-state index contributed by atoms with van der Waals surface area (Å²) in [5.41, 5.74) is 5.49. The second-order valence-electron chi connectivity index (χ2n) is 4.00. The lowest BCUT2D eigenvalue weighted by Gasteiger charge is -2.08. The van der Waals surface area contributed by atoms with Crippen molar-refractivity contribution in [1.29, 1.82) is 0 Å². The van der Waals surface area contributed by atoms with Crippen LogP contribution in [0.15, 0.2) is 34.1 Å². The van der Waals surface area contributed by atoms with Crippen molar-refractivity contribution in [1.82, 2.24) is 0 Å². The molecule has 0 aliphatic carbocycles. The van der Waals surface area contributed by atoms with E-state index in [0.717, 1.165) is 24.3 Å². The summed E-state index contributed by atoms with van der Waals surface area (Å²) in [5.74, 6) is -0.730. The van der Waals surface area contributed by atoms with E-state index in [1.54, 1.807) is 0 Å². The number of phenols is 1. The normalized spacial score (nSPS) is 12.7. The molecule has 0 radical (unpaired) electrons. The summed E-state index contributed by atoms with van der Waals surface area (Å²) in [6.07, 6.45) is 0. The third-order valence-corrected chi connectivity index (χ3v) is 4.33. The van der Waals surface area contributed by atoms with Gasteiger partial charge in [-0.15, -0.1) is 0 Å². The molecule has 0 bridgehead atoms. The minimum Gasteiger partial charge on any atom is -0.506 e. The first-order chi connectivity index (χ1) is 9.00. The molecular weight excluding hydrogens is 310 g/mol. The molecule has 0 unspecified atom stereocenters. The first kappa shape index (κ1) is 14.5. The van der Waals surface area contributed by atoms with Crippen molar-refractivity contribution >= 4 is 36.7 Å². The van der Waals surface area contributed by atoms with Crippen molar-refractivity contribution in [3.05, 3.63) is 24.3 Å². The average Bonchev–Trinajstić information content (AvgIpc) is 2.26. The van der Waals surface area contributed by atoms with Crippen LogP contribution in [0.2, 0.25) is 0 Å². The number of nitrogen functional groups attached to an aromatic ring is 1. The van der Waals surface area contributed by atoms with Crippen LogP contribution in [-0.2, 0) is 20.2 Å². The molecule has 0 spiro atoms. The van der Waals surface area contributed by atoms with Gasteiger partial charge in [-0.2, -0.15) is 16.8 Å². The van der Waals surface area contributed by atoms with Crippen LogP contribution in [0.25, 0.3) is 10.8 Å². The van der Waals surface area contributed by atoms with Crippen LogP contribution in [0.1, 0.15) is 0 Å². The fraction of sp³-hybridized carbons (Fsp3) is 0. The Balaban J connectivity index is 2.93. The van der Waals surface area contributed by atoms with Gasteiger partial charge in [0.25, 0.3) is 20.2 Å². The predicted octanol–water partition coefficient (Wildman–Crippen LogP) is 0.621. The van der Waals surface area contributed by atoms with Crippen LogP contribution in [0.3, 0.4) is 0 Å². The fourth-order valence-electron chi connectivity index (χ4n) is 1.74. The standard InChI is InChI=1S/C10H9NO7S2/c11-8-3-6(19(13,14)15)1-5-2-10(20(16,17)18)9(12)4-7(5)8/h1-4,12H,11H2,(H,13,14,15)(H,16,17,18). The molecule has 108 valence electrons. The molecule has 0 aliphatic rings. The van der Waals surface area contributed by atoms with Gasteiger partial charge in [-0.1, -0.05) is 0 Å². The van der Waals surface area contributed by atoms with E-state index in [-0.39, 0.29) is 16.5 Å². The van der Waals surface area contributed by atoms with E-state index in [1.807, 2.05) is 0 Å². The monoisotopic (exact) mass is 319 g/mol. The molecule has 0 aromatic heterocycles. The Hall–Kier alpha value is -1.88. The van der Waals surface area contributed by atoms with Gasteiger partial charge in [0.05, 0.1) is 4.90 Å². The number of aromatic hydroxyl groups is 1. The lowest BCUT2D eigenvalue weighted by molar-refractivity contribution is 0.444. The van der Waals surface area contributed by atoms with Crippen molar-refractivity contribution < 1.29 is 31.0 Å². The summed E-state index contributed by atoms with van der Waals surface area (Å²) in [6, 6.07) is 3.76. The minimum absolute atomic E-state index is 0.0167. The van der Waals surface area contributed by atoms with E-state index in [1.165, 1.54) is 0 Å². The zero-order valence-corrected chi connectivity index (χ0v) is 11.3. The van der Waals surface area contributed by atoms with Gasteiger partial charge in [0.1, 0.15) is 10.6 Å². The molecule has 0 saturated carbocycles. The van der Waals surface area contributed by atoms with Gasteiger partial charge in [0.2, 0.25) is 0 Å². The summed E-state index contributed by atoms with van der Waals surface area (Å²) in [6.45, 7) is 0. The highest BCUT2D eigenvalue weighted by Crippen LogP contribution is 2.33. The van der Waals surface area contributed by atoms with Crippen molar-refractivity contribution in [2.24, 2.45) is 0 Å². The summed E-state index contributed by atoms with van der Waals surface area (Å²) in [4.78, 5) is -1.33. The quantitative estimate of drug-likeness (QED) is 0.463. The third-order valence-electron chi connectivity index (χ3n) is 2.61. The third kappa shape index (κ3) is 2.54. The number of fused-ring (bicyclic) bond motifs is 1. The lowest BCUT2D eigenvalue weighted by Crippen LogP contribution is -2.02. The number of hydrogen-bond acceptors (Lipinski definition) is 6. The van der Waals surface area contributed by atoms with E-state index < -0.39 is 35.8 Å².